The molecule has 1 aromatic rings. The topological polar surface area (TPSA) is 61.0 Å². The minimum absolute atomic E-state index is 0.103. The third kappa shape index (κ3) is 3.70. The monoisotopic (exact) mass is 195 g/mol. The molecule has 0 radical (unpaired) electrons. The highest BCUT2D eigenvalue weighted by atomic mass is 16.5. The van der Waals surface area contributed by atoms with Gasteiger partial charge in [0.05, 0.1) is 18.5 Å². The van der Waals surface area contributed by atoms with Gasteiger partial charge in [-0.15, -0.1) is 0 Å². The van der Waals surface area contributed by atoms with E-state index in [2.05, 4.69) is 16.9 Å². The summed E-state index contributed by atoms with van der Waals surface area (Å²) in [4.78, 5) is 8.33. The Hall–Kier alpha value is -1.16. The maximum atomic E-state index is 5.67. The summed E-state index contributed by atoms with van der Waals surface area (Å²) in [6.45, 7) is 4.68. The minimum atomic E-state index is 0.103. The average Bonchev–Trinajstić information content (AvgIpc) is 2.14. The van der Waals surface area contributed by atoms with Gasteiger partial charge in [-0.1, -0.05) is 6.92 Å². The summed E-state index contributed by atoms with van der Waals surface area (Å²) in [5.41, 5.74) is 6.55. The van der Waals surface area contributed by atoms with Crippen molar-refractivity contribution in [2.45, 2.75) is 32.7 Å². The van der Waals surface area contributed by atoms with Crippen molar-refractivity contribution in [1.29, 1.82) is 0 Å². The Kier molecular flexibility index (Phi) is 4.32. The lowest BCUT2D eigenvalue weighted by molar-refractivity contribution is 0.302. The van der Waals surface area contributed by atoms with Crippen LogP contribution in [0.1, 0.15) is 26.0 Å². The molecule has 4 heteroatoms. The van der Waals surface area contributed by atoms with Crippen molar-refractivity contribution in [3.8, 4) is 5.88 Å². The molecule has 4 nitrogen and oxygen atoms in total. The zero-order valence-corrected chi connectivity index (χ0v) is 8.73. The smallest absolute Gasteiger partial charge is 0.232 e. The second kappa shape index (κ2) is 5.54. The van der Waals surface area contributed by atoms with E-state index in [1.807, 2.05) is 6.92 Å². The second-order valence-electron chi connectivity index (χ2n) is 3.38. The fourth-order valence-corrected chi connectivity index (χ4v) is 1.09. The van der Waals surface area contributed by atoms with Crippen LogP contribution in [0.4, 0.5) is 0 Å². The first-order valence-electron chi connectivity index (χ1n) is 4.91. The molecule has 0 aromatic carbocycles. The lowest BCUT2D eigenvalue weighted by Gasteiger charge is -2.06. The van der Waals surface area contributed by atoms with Crippen molar-refractivity contribution >= 4 is 0 Å². The number of aromatic nitrogens is 2. The predicted molar refractivity (Wildman–Crippen MR) is 55.2 cm³/mol. The Morgan fingerprint density at radius 2 is 2.29 bits per heavy atom. The molecule has 1 rings (SSSR count). The molecule has 2 N–H and O–H groups in total. The van der Waals surface area contributed by atoms with Crippen molar-refractivity contribution in [1.82, 2.24) is 9.97 Å². The van der Waals surface area contributed by atoms with E-state index in [1.165, 1.54) is 0 Å². The van der Waals surface area contributed by atoms with Crippen LogP contribution in [0.25, 0.3) is 0 Å². The largest absolute Gasteiger partial charge is 0.477 e. The second-order valence-corrected chi connectivity index (χ2v) is 3.38. The Labute approximate surface area is 84.5 Å². The molecule has 0 aliphatic carbocycles. The molecule has 1 aromatic heterocycles. The van der Waals surface area contributed by atoms with Gasteiger partial charge >= 0.3 is 0 Å². The van der Waals surface area contributed by atoms with Gasteiger partial charge in [-0.25, -0.2) is 4.98 Å². The van der Waals surface area contributed by atoms with E-state index in [0.29, 0.717) is 12.5 Å². The van der Waals surface area contributed by atoms with Crippen molar-refractivity contribution in [2.24, 2.45) is 5.73 Å². The standard InChI is InChI=1S/C10H17N3O/c1-3-4-14-10-7-12-6-9(13-10)5-8(2)11/h6-8H,3-5,11H2,1-2H3. The van der Waals surface area contributed by atoms with E-state index < -0.39 is 0 Å². The molecule has 0 aliphatic rings. The average molecular weight is 195 g/mol. The van der Waals surface area contributed by atoms with Crippen molar-refractivity contribution in [2.75, 3.05) is 6.61 Å². The number of hydrogen-bond donors (Lipinski definition) is 1. The van der Waals surface area contributed by atoms with Gasteiger partial charge in [-0.05, 0) is 13.3 Å². The van der Waals surface area contributed by atoms with Crippen LogP contribution in [0.5, 0.6) is 5.88 Å². The van der Waals surface area contributed by atoms with Crippen molar-refractivity contribution in [3.63, 3.8) is 0 Å². The highest BCUT2D eigenvalue weighted by molar-refractivity contribution is 5.09. The zero-order chi connectivity index (χ0) is 10.4. The predicted octanol–water partition coefficient (Wildman–Crippen LogP) is 1.16. The maximum Gasteiger partial charge on any atom is 0.232 e. The third-order valence-corrected chi connectivity index (χ3v) is 1.65. The van der Waals surface area contributed by atoms with Gasteiger partial charge in [-0.2, -0.15) is 0 Å². The Morgan fingerprint density at radius 3 is 2.93 bits per heavy atom. The number of rotatable bonds is 5. The molecule has 0 saturated carbocycles. The zero-order valence-electron chi connectivity index (χ0n) is 8.73. The molecular formula is C10H17N3O. The van der Waals surface area contributed by atoms with Crippen LogP contribution in [0.2, 0.25) is 0 Å². The molecule has 1 heterocycles. The summed E-state index contributed by atoms with van der Waals surface area (Å²) >= 11 is 0. The number of nitrogens with two attached hydrogens (primary N) is 1. The van der Waals surface area contributed by atoms with E-state index in [1.54, 1.807) is 12.4 Å². The summed E-state index contributed by atoms with van der Waals surface area (Å²) in [6, 6.07) is 0.103. The molecule has 0 aliphatic heterocycles. The third-order valence-electron chi connectivity index (χ3n) is 1.65. The van der Waals surface area contributed by atoms with Crippen LogP contribution in [0.15, 0.2) is 12.4 Å². The summed E-state index contributed by atoms with van der Waals surface area (Å²) < 4.78 is 5.36. The van der Waals surface area contributed by atoms with Crippen molar-refractivity contribution < 1.29 is 4.74 Å². The highest BCUT2D eigenvalue weighted by Crippen LogP contribution is 2.06. The fraction of sp³-hybridized carbons (Fsp3) is 0.600. The van der Waals surface area contributed by atoms with E-state index in [4.69, 9.17) is 10.5 Å². The molecule has 78 valence electrons. The fourth-order valence-electron chi connectivity index (χ4n) is 1.09. The van der Waals surface area contributed by atoms with E-state index in [-0.39, 0.29) is 6.04 Å². The van der Waals surface area contributed by atoms with Gasteiger partial charge in [0.15, 0.2) is 0 Å². The van der Waals surface area contributed by atoms with Crippen LogP contribution < -0.4 is 10.5 Å². The Bertz CT molecular complexity index is 276. The lowest BCUT2D eigenvalue weighted by Crippen LogP contribution is -2.18. The first-order valence-corrected chi connectivity index (χ1v) is 4.91. The van der Waals surface area contributed by atoms with E-state index in [0.717, 1.165) is 18.5 Å². The van der Waals surface area contributed by atoms with E-state index in [9.17, 15) is 0 Å². The van der Waals surface area contributed by atoms with Gasteiger partial charge < -0.3 is 10.5 Å². The molecule has 1 atom stereocenters. The van der Waals surface area contributed by atoms with Crippen LogP contribution >= 0.6 is 0 Å². The first-order chi connectivity index (χ1) is 6.72. The summed E-state index contributed by atoms with van der Waals surface area (Å²) in [6.07, 6.45) is 5.05. The normalized spacial score (nSPS) is 12.5. The molecule has 0 bridgehead atoms. The number of ether oxygens (including phenoxy) is 1. The molecular weight excluding hydrogens is 178 g/mol. The Morgan fingerprint density at radius 1 is 1.50 bits per heavy atom. The van der Waals surface area contributed by atoms with Gasteiger partial charge in [0.1, 0.15) is 0 Å². The molecule has 1 unspecified atom stereocenters. The van der Waals surface area contributed by atoms with Crippen molar-refractivity contribution in [3.05, 3.63) is 18.1 Å². The van der Waals surface area contributed by atoms with Crippen LogP contribution in [0.3, 0.4) is 0 Å². The van der Waals surface area contributed by atoms with Gasteiger partial charge in [0.2, 0.25) is 5.88 Å². The molecule has 0 fully saturated rings. The van der Waals surface area contributed by atoms with Crippen LogP contribution in [-0.2, 0) is 6.42 Å². The quantitative estimate of drug-likeness (QED) is 0.765. The van der Waals surface area contributed by atoms with Gasteiger partial charge in [-0.3, -0.25) is 4.98 Å². The lowest BCUT2D eigenvalue weighted by atomic mass is 10.2. The highest BCUT2D eigenvalue weighted by Gasteiger charge is 2.02. The summed E-state index contributed by atoms with van der Waals surface area (Å²) in [7, 11) is 0. The maximum absolute atomic E-state index is 5.67. The SMILES string of the molecule is CCCOc1cncc(CC(C)N)n1. The first kappa shape index (κ1) is 10.9. The van der Waals surface area contributed by atoms with Gasteiger partial charge in [0, 0.05) is 18.7 Å². The minimum Gasteiger partial charge on any atom is -0.477 e. The molecule has 0 saturated heterocycles. The van der Waals surface area contributed by atoms with Crippen LogP contribution in [0, 0.1) is 0 Å². The number of nitrogens with zero attached hydrogens (tertiary/aromatic N) is 2. The molecule has 0 amide bonds. The molecule has 0 spiro atoms. The Balaban J connectivity index is 2.59. The molecule has 14 heavy (non-hydrogen) atoms. The number of hydrogen-bond acceptors (Lipinski definition) is 4. The van der Waals surface area contributed by atoms with Crippen LogP contribution in [-0.4, -0.2) is 22.6 Å². The van der Waals surface area contributed by atoms with E-state index >= 15 is 0 Å². The summed E-state index contributed by atoms with van der Waals surface area (Å²) in [5.74, 6) is 0.588. The summed E-state index contributed by atoms with van der Waals surface area (Å²) in [5, 5.41) is 0. The van der Waals surface area contributed by atoms with Gasteiger partial charge in [0.25, 0.3) is 0 Å².